The van der Waals surface area contributed by atoms with Gasteiger partial charge in [0.25, 0.3) is 6.43 Å². The number of hydrogen-bond acceptors (Lipinski definition) is 4. The third kappa shape index (κ3) is 3.58. The van der Waals surface area contributed by atoms with Crippen molar-refractivity contribution in [2.45, 2.75) is 12.8 Å². The van der Waals surface area contributed by atoms with E-state index in [-0.39, 0.29) is 12.2 Å². The first-order valence-electron chi connectivity index (χ1n) is 6.87. The van der Waals surface area contributed by atoms with E-state index in [1.807, 2.05) is 4.90 Å². The van der Waals surface area contributed by atoms with E-state index in [1.54, 1.807) is 12.1 Å². The first-order chi connectivity index (χ1) is 9.61. The van der Waals surface area contributed by atoms with Crippen molar-refractivity contribution in [2.75, 3.05) is 50.0 Å². The molecule has 0 bridgehead atoms. The summed E-state index contributed by atoms with van der Waals surface area (Å²) >= 11 is 0. The van der Waals surface area contributed by atoms with E-state index in [0.717, 1.165) is 26.1 Å². The molecule has 20 heavy (non-hydrogen) atoms. The Morgan fingerprint density at radius 2 is 2.00 bits per heavy atom. The van der Waals surface area contributed by atoms with Gasteiger partial charge in [0.2, 0.25) is 0 Å². The number of alkyl halides is 2. The second-order valence-corrected chi connectivity index (χ2v) is 5.02. The monoisotopic (exact) mass is 285 g/mol. The van der Waals surface area contributed by atoms with E-state index < -0.39 is 6.43 Å². The predicted octanol–water partition coefficient (Wildman–Crippen LogP) is 1.71. The van der Waals surface area contributed by atoms with Gasteiger partial charge in [0.15, 0.2) is 0 Å². The Balaban J connectivity index is 2.15. The molecule has 112 valence electrons. The molecule has 1 aromatic rings. The Morgan fingerprint density at radius 1 is 1.20 bits per heavy atom. The minimum absolute atomic E-state index is 0.000563. The van der Waals surface area contributed by atoms with Gasteiger partial charge in [-0.25, -0.2) is 8.78 Å². The fraction of sp³-hybridized carbons (Fsp3) is 0.571. The number of benzene rings is 1. The molecular formula is C14H21F2N3O. The Hall–Kier alpha value is -1.40. The first kappa shape index (κ1) is 15.0. The van der Waals surface area contributed by atoms with Crippen molar-refractivity contribution in [1.29, 1.82) is 0 Å². The lowest BCUT2D eigenvalue weighted by atomic mass is 10.1. The van der Waals surface area contributed by atoms with Crippen LogP contribution in [-0.2, 0) is 0 Å². The third-order valence-electron chi connectivity index (χ3n) is 3.63. The van der Waals surface area contributed by atoms with Crippen molar-refractivity contribution in [2.24, 2.45) is 0 Å². The number of rotatable bonds is 4. The SMILES string of the molecule is Nc1ccc(N2CCCN(CCO)CC2)c(C(F)F)c1. The number of aliphatic hydroxyl groups excluding tert-OH is 1. The molecule has 3 N–H and O–H groups in total. The van der Waals surface area contributed by atoms with Crippen LogP contribution in [0.4, 0.5) is 20.2 Å². The Labute approximate surface area is 117 Å². The summed E-state index contributed by atoms with van der Waals surface area (Å²) in [5.74, 6) is 0. The molecule has 1 fully saturated rings. The molecule has 0 saturated carbocycles. The molecule has 4 nitrogen and oxygen atoms in total. The van der Waals surface area contributed by atoms with E-state index >= 15 is 0 Å². The maximum Gasteiger partial charge on any atom is 0.265 e. The van der Waals surface area contributed by atoms with Gasteiger partial charge >= 0.3 is 0 Å². The zero-order valence-electron chi connectivity index (χ0n) is 11.4. The zero-order valence-corrected chi connectivity index (χ0v) is 11.4. The Kier molecular flexibility index (Phi) is 5.14. The van der Waals surface area contributed by atoms with Crippen molar-refractivity contribution >= 4 is 11.4 Å². The topological polar surface area (TPSA) is 52.7 Å². The molecule has 0 amide bonds. The van der Waals surface area contributed by atoms with Gasteiger partial charge in [0.05, 0.1) is 6.61 Å². The van der Waals surface area contributed by atoms with E-state index in [9.17, 15) is 8.78 Å². The fourth-order valence-electron chi connectivity index (χ4n) is 2.61. The van der Waals surface area contributed by atoms with Gasteiger partial charge < -0.3 is 15.7 Å². The summed E-state index contributed by atoms with van der Waals surface area (Å²) in [5.41, 5.74) is 6.53. The van der Waals surface area contributed by atoms with Gasteiger partial charge in [-0.1, -0.05) is 0 Å². The zero-order chi connectivity index (χ0) is 14.5. The molecule has 0 atom stereocenters. The van der Waals surface area contributed by atoms with E-state index in [4.69, 9.17) is 10.8 Å². The molecule has 1 aliphatic heterocycles. The largest absolute Gasteiger partial charge is 0.399 e. The van der Waals surface area contributed by atoms with E-state index in [0.29, 0.717) is 24.5 Å². The molecule has 1 aromatic carbocycles. The van der Waals surface area contributed by atoms with Crippen LogP contribution in [0.15, 0.2) is 18.2 Å². The van der Waals surface area contributed by atoms with Crippen LogP contribution in [0.25, 0.3) is 0 Å². The molecular weight excluding hydrogens is 264 g/mol. The van der Waals surface area contributed by atoms with Crippen molar-refractivity contribution in [1.82, 2.24) is 4.90 Å². The summed E-state index contributed by atoms with van der Waals surface area (Å²) in [4.78, 5) is 4.14. The highest BCUT2D eigenvalue weighted by Crippen LogP contribution is 2.32. The third-order valence-corrected chi connectivity index (χ3v) is 3.63. The molecule has 1 saturated heterocycles. The van der Waals surface area contributed by atoms with Crippen LogP contribution in [0.3, 0.4) is 0 Å². The average Bonchev–Trinajstić information content (AvgIpc) is 2.65. The van der Waals surface area contributed by atoms with Crippen LogP contribution in [0.5, 0.6) is 0 Å². The van der Waals surface area contributed by atoms with Gasteiger partial charge in [-0.05, 0) is 31.2 Å². The minimum Gasteiger partial charge on any atom is -0.399 e. The summed E-state index contributed by atoms with van der Waals surface area (Å²) in [6, 6.07) is 4.70. The summed E-state index contributed by atoms with van der Waals surface area (Å²) in [6.45, 7) is 3.85. The number of aliphatic hydroxyl groups is 1. The van der Waals surface area contributed by atoms with Crippen molar-refractivity contribution in [3.63, 3.8) is 0 Å². The van der Waals surface area contributed by atoms with Gasteiger partial charge in [-0.15, -0.1) is 0 Å². The van der Waals surface area contributed by atoms with Crippen molar-refractivity contribution in [3.05, 3.63) is 23.8 Å². The van der Waals surface area contributed by atoms with E-state index in [1.165, 1.54) is 6.07 Å². The lowest BCUT2D eigenvalue weighted by Gasteiger charge is -2.26. The quantitative estimate of drug-likeness (QED) is 0.827. The fourth-order valence-corrected chi connectivity index (χ4v) is 2.61. The van der Waals surface area contributed by atoms with Crippen LogP contribution in [-0.4, -0.2) is 49.3 Å². The Bertz CT molecular complexity index is 442. The maximum atomic E-state index is 13.1. The number of halogens is 2. The summed E-state index contributed by atoms with van der Waals surface area (Å²) < 4.78 is 26.3. The summed E-state index contributed by atoms with van der Waals surface area (Å²) in [7, 11) is 0. The summed E-state index contributed by atoms with van der Waals surface area (Å²) in [6.07, 6.45) is -1.63. The summed E-state index contributed by atoms with van der Waals surface area (Å²) in [5, 5.41) is 8.97. The molecule has 0 spiro atoms. The molecule has 0 radical (unpaired) electrons. The smallest absolute Gasteiger partial charge is 0.265 e. The average molecular weight is 285 g/mol. The highest BCUT2D eigenvalue weighted by Gasteiger charge is 2.20. The highest BCUT2D eigenvalue weighted by molar-refractivity contribution is 5.60. The van der Waals surface area contributed by atoms with Crippen LogP contribution < -0.4 is 10.6 Å². The standard InChI is InChI=1S/C14H21F2N3O/c15-14(16)12-10-11(17)2-3-13(12)19-5-1-4-18(6-7-19)8-9-20/h2-3,10,14,20H,1,4-9,17H2. The second kappa shape index (κ2) is 6.85. The number of nitrogens with zero attached hydrogens (tertiary/aromatic N) is 2. The van der Waals surface area contributed by atoms with Gasteiger partial charge in [-0.3, -0.25) is 4.90 Å². The molecule has 0 aliphatic carbocycles. The van der Waals surface area contributed by atoms with Crippen LogP contribution in [0.2, 0.25) is 0 Å². The van der Waals surface area contributed by atoms with Crippen molar-refractivity contribution < 1.29 is 13.9 Å². The number of β-amino-alcohol motifs (C(OH)–C–C–N with tert-alkyl or cyclic N) is 1. The van der Waals surface area contributed by atoms with Crippen molar-refractivity contribution in [3.8, 4) is 0 Å². The van der Waals surface area contributed by atoms with Gasteiger partial charge in [0, 0.05) is 43.1 Å². The maximum absolute atomic E-state index is 13.1. The molecule has 1 aliphatic rings. The highest BCUT2D eigenvalue weighted by atomic mass is 19.3. The van der Waals surface area contributed by atoms with Crippen LogP contribution in [0, 0.1) is 0 Å². The molecule has 0 aromatic heterocycles. The number of anilines is 2. The van der Waals surface area contributed by atoms with E-state index in [2.05, 4.69) is 4.90 Å². The molecule has 0 unspecified atom stereocenters. The first-order valence-corrected chi connectivity index (χ1v) is 6.87. The molecule has 2 rings (SSSR count). The lowest BCUT2D eigenvalue weighted by molar-refractivity contribution is 0.152. The number of nitrogen functional groups attached to an aromatic ring is 1. The van der Waals surface area contributed by atoms with Crippen LogP contribution in [0.1, 0.15) is 18.4 Å². The molecule has 1 heterocycles. The lowest BCUT2D eigenvalue weighted by Crippen LogP contribution is -2.32. The second-order valence-electron chi connectivity index (χ2n) is 5.02. The van der Waals surface area contributed by atoms with Gasteiger partial charge in [-0.2, -0.15) is 0 Å². The number of hydrogen-bond donors (Lipinski definition) is 2. The van der Waals surface area contributed by atoms with Crippen LogP contribution >= 0.6 is 0 Å². The predicted molar refractivity (Wildman–Crippen MR) is 76.2 cm³/mol. The minimum atomic E-state index is -2.52. The number of nitrogens with two attached hydrogens (primary N) is 1. The van der Waals surface area contributed by atoms with Gasteiger partial charge in [0.1, 0.15) is 0 Å². The Morgan fingerprint density at radius 3 is 2.70 bits per heavy atom. The molecule has 6 heteroatoms. The normalized spacial score (nSPS) is 17.5.